The van der Waals surface area contributed by atoms with Crippen LogP contribution in [-0.4, -0.2) is 12.3 Å². The van der Waals surface area contributed by atoms with Gasteiger partial charge in [0, 0.05) is 11.5 Å². The second kappa shape index (κ2) is 6.46. The van der Waals surface area contributed by atoms with Crippen LogP contribution in [0, 0.1) is 0 Å². The Morgan fingerprint density at radius 2 is 2.54 bits per heavy atom. The van der Waals surface area contributed by atoms with E-state index >= 15 is 0 Å². The number of hydrogen-bond donors (Lipinski definition) is 0. The fourth-order valence-electron chi connectivity index (χ4n) is 0.850. The molecule has 0 spiro atoms. The van der Waals surface area contributed by atoms with E-state index in [-0.39, 0.29) is 0 Å². The van der Waals surface area contributed by atoms with E-state index < -0.39 is 0 Å². The number of hydrogen-bond acceptors (Lipinski definition) is 3. The summed E-state index contributed by atoms with van der Waals surface area (Å²) in [4.78, 5) is 2.68. The van der Waals surface area contributed by atoms with Crippen LogP contribution in [0.15, 0.2) is 27.9 Å². The summed E-state index contributed by atoms with van der Waals surface area (Å²) in [7, 11) is 0. The SMILES string of the molecule is [N-]=[N+]=NCCCSCc1ccco1. The topological polar surface area (TPSA) is 61.9 Å². The molecule has 5 heteroatoms. The largest absolute Gasteiger partial charge is 0.468 e. The van der Waals surface area contributed by atoms with Crippen LogP contribution < -0.4 is 0 Å². The molecular weight excluding hydrogens is 186 g/mol. The Morgan fingerprint density at radius 3 is 3.23 bits per heavy atom. The standard InChI is InChI=1S/C8H11N3OS/c9-11-10-4-2-6-13-7-8-3-1-5-12-8/h1,3,5H,2,4,6-7H2. The molecule has 0 aliphatic heterocycles. The van der Waals surface area contributed by atoms with Crippen molar-refractivity contribution < 1.29 is 4.42 Å². The number of furan rings is 1. The molecule has 0 amide bonds. The molecule has 0 bridgehead atoms. The van der Waals surface area contributed by atoms with Gasteiger partial charge in [-0.2, -0.15) is 11.8 Å². The molecule has 0 saturated carbocycles. The summed E-state index contributed by atoms with van der Waals surface area (Å²) in [6.45, 7) is 0.585. The van der Waals surface area contributed by atoms with Crippen molar-refractivity contribution in [2.24, 2.45) is 5.11 Å². The van der Waals surface area contributed by atoms with Crippen molar-refractivity contribution in [1.82, 2.24) is 0 Å². The molecule has 0 aromatic carbocycles. The van der Waals surface area contributed by atoms with E-state index in [1.54, 1.807) is 18.0 Å². The third-order valence-corrected chi connectivity index (χ3v) is 2.50. The maximum atomic E-state index is 8.01. The highest BCUT2D eigenvalue weighted by atomic mass is 32.2. The van der Waals surface area contributed by atoms with E-state index in [0.717, 1.165) is 23.7 Å². The Labute approximate surface area is 80.9 Å². The Kier molecular flexibility index (Phi) is 4.98. The molecule has 70 valence electrons. The Balaban J connectivity index is 1.99. The highest BCUT2D eigenvalue weighted by Gasteiger charge is 1.94. The lowest BCUT2D eigenvalue weighted by atomic mass is 10.5. The number of rotatable bonds is 6. The first kappa shape index (κ1) is 10.0. The van der Waals surface area contributed by atoms with E-state index in [9.17, 15) is 0 Å². The molecule has 0 atom stereocenters. The normalized spacial score (nSPS) is 9.54. The molecule has 0 radical (unpaired) electrons. The zero-order valence-corrected chi connectivity index (χ0v) is 8.04. The Hall–Kier alpha value is -1.06. The molecule has 1 rings (SSSR count). The van der Waals surface area contributed by atoms with Gasteiger partial charge in [0.2, 0.25) is 0 Å². The lowest BCUT2D eigenvalue weighted by molar-refractivity contribution is 0.530. The fourth-order valence-corrected chi connectivity index (χ4v) is 1.69. The first-order valence-electron chi connectivity index (χ1n) is 4.04. The van der Waals surface area contributed by atoms with Crippen LogP contribution in [0.5, 0.6) is 0 Å². The van der Waals surface area contributed by atoms with Gasteiger partial charge in [-0.15, -0.1) is 0 Å². The van der Waals surface area contributed by atoms with E-state index in [0.29, 0.717) is 6.54 Å². The second-order valence-electron chi connectivity index (χ2n) is 2.44. The van der Waals surface area contributed by atoms with Crippen molar-refractivity contribution in [1.29, 1.82) is 0 Å². The smallest absolute Gasteiger partial charge is 0.113 e. The molecule has 0 aliphatic carbocycles. The highest BCUT2D eigenvalue weighted by molar-refractivity contribution is 7.98. The van der Waals surface area contributed by atoms with Gasteiger partial charge in [-0.1, -0.05) is 5.11 Å². The third kappa shape index (κ3) is 4.50. The predicted molar refractivity (Wildman–Crippen MR) is 53.5 cm³/mol. The maximum Gasteiger partial charge on any atom is 0.113 e. The molecule has 0 aliphatic rings. The van der Waals surface area contributed by atoms with Gasteiger partial charge in [0.1, 0.15) is 5.76 Å². The molecule has 1 heterocycles. The van der Waals surface area contributed by atoms with E-state index in [1.165, 1.54) is 0 Å². The van der Waals surface area contributed by atoms with Gasteiger partial charge < -0.3 is 4.42 Å². The molecule has 0 fully saturated rings. The van der Waals surface area contributed by atoms with Crippen molar-refractivity contribution in [2.75, 3.05) is 12.3 Å². The second-order valence-corrected chi connectivity index (χ2v) is 3.55. The molecule has 0 saturated heterocycles. The Morgan fingerprint density at radius 1 is 1.62 bits per heavy atom. The van der Waals surface area contributed by atoms with Gasteiger partial charge in [0.05, 0.1) is 12.0 Å². The highest BCUT2D eigenvalue weighted by Crippen LogP contribution is 2.12. The lowest BCUT2D eigenvalue weighted by Gasteiger charge is -1.95. The minimum atomic E-state index is 0.585. The molecule has 1 aromatic heterocycles. The summed E-state index contributed by atoms with van der Waals surface area (Å²) in [5.74, 6) is 2.89. The zero-order valence-electron chi connectivity index (χ0n) is 7.22. The summed E-state index contributed by atoms with van der Waals surface area (Å²) < 4.78 is 5.16. The summed E-state index contributed by atoms with van der Waals surface area (Å²) in [6, 6.07) is 3.84. The molecule has 1 aromatic rings. The summed E-state index contributed by atoms with van der Waals surface area (Å²) >= 11 is 1.78. The van der Waals surface area contributed by atoms with Crippen molar-refractivity contribution in [2.45, 2.75) is 12.2 Å². The minimum Gasteiger partial charge on any atom is -0.468 e. The molecule has 4 nitrogen and oxygen atoms in total. The third-order valence-electron chi connectivity index (χ3n) is 1.43. The van der Waals surface area contributed by atoms with E-state index in [2.05, 4.69) is 10.0 Å². The number of azide groups is 1. The van der Waals surface area contributed by atoms with Gasteiger partial charge in [-0.25, -0.2) is 0 Å². The molecule has 13 heavy (non-hydrogen) atoms. The lowest BCUT2D eigenvalue weighted by Crippen LogP contribution is -1.84. The van der Waals surface area contributed by atoms with Crippen LogP contribution in [0.3, 0.4) is 0 Å². The van der Waals surface area contributed by atoms with Crippen molar-refractivity contribution in [3.8, 4) is 0 Å². The molecular formula is C8H11N3OS. The zero-order chi connectivity index (χ0) is 9.36. The van der Waals surface area contributed by atoms with Gasteiger partial charge in [0.25, 0.3) is 0 Å². The average Bonchev–Trinajstić information content (AvgIpc) is 2.63. The first-order chi connectivity index (χ1) is 6.43. The van der Waals surface area contributed by atoms with Crippen LogP contribution in [0.2, 0.25) is 0 Å². The Bertz CT molecular complexity index is 267. The average molecular weight is 197 g/mol. The monoisotopic (exact) mass is 197 g/mol. The maximum absolute atomic E-state index is 8.01. The van der Waals surface area contributed by atoms with E-state index in [1.807, 2.05) is 12.1 Å². The molecule has 0 unspecified atom stereocenters. The quantitative estimate of drug-likeness (QED) is 0.304. The summed E-state index contributed by atoms with van der Waals surface area (Å²) in [6.07, 6.45) is 2.60. The van der Waals surface area contributed by atoms with Crippen LogP contribution in [-0.2, 0) is 5.75 Å². The predicted octanol–water partition coefficient (Wildman–Crippen LogP) is 3.21. The van der Waals surface area contributed by atoms with Crippen LogP contribution in [0.4, 0.5) is 0 Å². The minimum absolute atomic E-state index is 0.585. The molecule has 0 N–H and O–H groups in total. The van der Waals surface area contributed by atoms with Crippen LogP contribution >= 0.6 is 11.8 Å². The van der Waals surface area contributed by atoms with Crippen molar-refractivity contribution in [3.63, 3.8) is 0 Å². The fraction of sp³-hybridized carbons (Fsp3) is 0.500. The summed E-state index contributed by atoms with van der Waals surface area (Å²) in [5.41, 5.74) is 8.01. The van der Waals surface area contributed by atoms with E-state index in [4.69, 9.17) is 9.95 Å². The van der Waals surface area contributed by atoms with Gasteiger partial charge in [0.15, 0.2) is 0 Å². The first-order valence-corrected chi connectivity index (χ1v) is 5.20. The van der Waals surface area contributed by atoms with Crippen LogP contribution in [0.25, 0.3) is 10.4 Å². The van der Waals surface area contributed by atoms with Gasteiger partial charge in [-0.05, 0) is 29.8 Å². The number of nitrogens with zero attached hydrogens (tertiary/aromatic N) is 3. The summed E-state index contributed by atoms with van der Waals surface area (Å²) in [5, 5.41) is 3.45. The van der Waals surface area contributed by atoms with Crippen molar-refractivity contribution >= 4 is 11.8 Å². The van der Waals surface area contributed by atoms with Gasteiger partial charge >= 0.3 is 0 Å². The van der Waals surface area contributed by atoms with Gasteiger partial charge in [-0.3, -0.25) is 0 Å². The van der Waals surface area contributed by atoms with Crippen molar-refractivity contribution in [3.05, 3.63) is 34.6 Å². The number of thioether (sulfide) groups is 1. The van der Waals surface area contributed by atoms with Crippen LogP contribution in [0.1, 0.15) is 12.2 Å².